The standard InChI is InChI=1S/C11H24N2OS/c1-6-9(8-15-5)13(4)10(14)11(3,12)7-2/h9H,6-8,12H2,1-5H3. The van der Waals surface area contributed by atoms with Crippen molar-refractivity contribution in [3.8, 4) is 0 Å². The zero-order chi connectivity index (χ0) is 12.1. The Morgan fingerprint density at radius 3 is 2.40 bits per heavy atom. The molecule has 0 aliphatic heterocycles. The number of nitrogens with zero attached hydrogens (tertiary/aromatic N) is 1. The van der Waals surface area contributed by atoms with Gasteiger partial charge in [0, 0.05) is 18.8 Å². The van der Waals surface area contributed by atoms with Crippen LogP contribution in [0.2, 0.25) is 0 Å². The first kappa shape index (κ1) is 14.8. The summed E-state index contributed by atoms with van der Waals surface area (Å²) in [7, 11) is 1.85. The first-order chi connectivity index (χ1) is 6.90. The third kappa shape index (κ3) is 4.03. The molecule has 15 heavy (non-hydrogen) atoms. The van der Waals surface area contributed by atoms with E-state index < -0.39 is 5.54 Å². The lowest BCUT2D eigenvalue weighted by molar-refractivity contribution is -0.137. The summed E-state index contributed by atoms with van der Waals surface area (Å²) in [6.07, 6.45) is 3.71. The summed E-state index contributed by atoms with van der Waals surface area (Å²) in [6.45, 7) is 5.85. The van der Waals surface area contributed by atoms with Gasteiger partial charge in [0.25, 0.3) is 0 Å². The summed E-state index contributed by atoms with van der Waals surface area (Å²) < 4.78 is 0. The molecule has 0 saturated carbocycles. The van der Waals surface area contributed by atoms with Crippen LogP contribution in [-0.2, 0) is 4.79 Å². The second-order valence-electron chi connectivity index (χ2n) is 4.20. The monoisotopic (exact) mass is 232 g/mol. The molecule has 2 N–H and O–H groups in total. The largest absolute Gasteiger partial charge is 0.340 e. The number of hydrogen-bond acceptors (Lipinski definition) is 3. The van der Waals surface area contributed by atoms with E-state index >= 15 is 0 Å². The van der Waals surface area contributed by atoms with Gasteiger partial charge in [-0.15, -0.1) is 0 Å². The van der Waals surface area contributed by atoms with E-state index in [0.717, 1.165) is 12.2 Å². The fourth-order valence-electron chi connectivity index (χ4n) is 1.42. The zero-order valence-corrected chi connectivity index (χ0v) is 11.4. The van der Waals surface area contributed by atoms with Crippen molar-refractivity contribution in [1.29, 1.82) is 0 Å². The minimum Gasteiger partial charge on any atom is -0.340 e. The van der Waals surface area contributed by atoms with Crippen molar-refractivity contribution in [3.63, 3.8) is 0 Å². The molecule has 2 unspecified atom stereocenters. The summed E-state index contributed by atoms with van der Waals surface area (Å²) >= 11 is 1.76. The molecule has 2 atom stereocenters. The van der Waals surface area contributed by atoms with E-state index in [1.807, 2.05) is 14.0 Å². The Hall–Kier alpha value is -0.220. The lowest BCUT2D eigenvalue weighted by Gasteiger charge is -2.33. The van der Waals surface area contributed by atoms with Crippen molar-refractivity contribution in [1.82, 2.24) is 4.90 Å². The molecule has 0 saturated heterocycles. The highest BCUT2D eigenvalue weighted by molar-refractivity contribution is 7.98. The fourth-order valence-corrected chi connectivity index (χ4v) is 2.26. The van der Waals surface area contributed by atoms with Crippen LogP contribution in [0.3, 0.4) is 0 Å². The topological polar surface area (TPSA) is 46.3 Å². The summed E-state index contributed by atoms with van der Waals surface area (Å²) in [5, 5.41) is 0. The molecule has 0 spiro atoms. The van der Waals surface area contributed by atoms with E-state index in [1.54, 1.807) is 23.6 Å². The van der Waals surface area contributed by atoms with E-state index in [2.05, 4.69) is 13.2 Å². The molecule has 0 aromatic rings. The Morgan fingerprint density at radius 2 is 2.07 bits per heavy atom. The van der Waals surface area contributed by atoms with Crippen LogP contribution in [0.1, 0.15) is 33.6 Å². The van der Waals surface area contributed by atoms with Crippen LogP contribution < -0.4 is 5.73 Å². The molecule has 0 aromatic heterocycles. The quantitative estimate of drug-likeness (QED) is 0.758. The Kier molecular flexibility index (Phi) is 6.29. The average molecular weight is 232 g/mol. The van der Waals surface area contributed by atoms with Crippen molar-refractivity contribution < 1.29 is 4.79 Å². The smallest absolute Gasteiger partial charge is 0.242 e. The molecule has 3 nitrogen and oxygen atoms in total. The lowest BCUT2D eigenvalue weighted by Crippen LogP contribution is -2.54. The zero-order valence-electron chi connectivity index (χ0n) is 10.5. The number of carbonyl (C=O) groups excluding carboxylic acids is 1. The highest BCUT2D eigenvalue weighted by Crippen LogP contribution is 2.15. The maximum Gasteiger partial charge on any atom is 0.242 e. The highest BCUT2D eigenvalue weighted by Gasteiger charge is 2.31. The Bertz CT molecular complexity index is 207. The van der Waals surface area contributed by atoms with Crippen LogP contribution in [0, 0.1) is 0 Å². The fraction of sp³-hybridized carbons (Fsp3) is 0.909. The van der Waals surface area contributed by atoms with Gasteiger partial charge in [0.05, 0.1) is 5.54 Å². The van der Waals surface area contributed by atoms with E-state index in [4.69, 9.17) is 5.73 Å². The molecular weight excluding hydrogens is 208 g/mol. The SMILES string of the molecule is CCC(CSC)N(C)C(=O)C(C)(N)CC. The number of amides is 1. The van der Waals surface area contributed by atoms with E-state index in [-0.39, 0.29) is 5.91 Å². The van der Waals surface area contributed by atoms with Gasteiger partial charge in [-0.05, 0) is 26.0 Å². The van der Waals surface area contributed by atoms with Gasteiger partial charge in [-0.25, -0.2) is 0 Å². The maximum absolute atomic E-state index is 12.1. The van der Waals surface area contributed by atoms with Gasteiger partial charge < -0.3 is 10.6 Å². The molecule has 0 aliphatic carbocycles. The predicted molar refractivity (Wildman–Crippen MR) is 68.1 cm³/mol. The van der Waals surface area contributed by atoms with Crippen molar-refractivity contribution >= 4 is 17.7 Å². The van der Waals surface area contributed by atoms with Crippen molar-refractivity contribution in [3.05, 3.63) is 0 Å². The number of likely N-dealkylation sites (N-methyl/N-ethyl adjacent to an activating group) is 1. The minimum atomic E-state index is -0.722. The minimum absolute atomic E-state index is 0.0471. The normalized spacial score (nSPS) is 16.9. The maximum atomic E-state index is 12.1. The average Bonchev–Trinajstić information content (AvgIpc) is 2.23. The van der Waals surface area contributed by atoms with E-state index in [1.165, 1.54) is 0 Å². The van der Waals surface area contributed by atoms with Crippen molar-refractivity contribution in [2.24, 2.45) is 5.73 Å². The van der Waals surface area contributed by atoms with E-state index in [0.29, 0.717) is 12.5 Å². The second-order valence-corrected chi connectivity index (χ2v) is 5.12. The van der Waals surface area contributed by atoms with Gasteiger partial charge in [-0.1, -0.05) is 13.8 Å². The molecule has 1 amide bonds. The summed E-state index contributed by atoms with van der Waals surface area (Å²) in [5.74, 6) is 1.02. The third-order valence-corrected chi connectivity index (χ3v) is 3.64. The van der Waals surface area contributed by atoms with E-state index in [9.17, 15) is 4.79 Å². The molecule has 0 fully saturated rings. The summed E-state index contributed by atoms with van der Waals surface area (Å²) in [4.78, 5) is 13.9. The van der Waals surface area contributed by atoms with Crippen molar-refractivity contribution in [2.75, 3.05) is 19.1 Å². The van der Waals surface area contributed by atoms with Gasteiger partial charge in [0.1, 0.15) is 0 Å². The molecule has 0 radical (unpaired) electrons. The second kappa shape index (κ2) is 6.38. The first-order valence-corrected chi connectivity index (χ1v) is 6.85. The number of hydrogen-bond donors (Lipinski definition) is 1. The molecule has 0 bridgehead atoms. The highest BCUT2D eigenvalue weighted by atomic mass is 32.2. The van der Waals surface area contributed by atoms with Crippen LogP contribution in [-0.4, -0.2) is 41.4 Å². The summed E-state index contributed by atoms with van der Waals surface area (Å²) in [5.41, 5.74) is 5.23. The Balaban J connectivity index is 4.53. The molecule has 90 valence electrons. The Morgan fingerprint density at radius 1 is 1.53 bits per heavy atom. The van der Waals surface area contributed by atoms with Crippen LogP contribution in [0.25, 0.3) is 0 Å². The van der Waals surface area contributed by atoms with Crippen LogP contribution in [0.4, 0.5) is 0 Å². The molecule has 0 aromatic carbocycles. The number of nitrogens with two attached hydrogens (primary N) is 1. The van der Waals surface area contributed by atoms with Gasteiger partial charge in [0.15, 0.2) is 0 Å². The van der Waals surface area contributed by atoms with Gasteiger partial charge in [-0.3, -0.25) is 4.79 Å². The van der Waals surface area contributed by atoms with Gasteiger partial charge in [0.2, 0.25) is 5.91 Å². The van der Waals surface area contributed by atoms with Gasteiger partial charge >= 0.3 is 0 Å². The molecule has 4 heteroatoms. The molecular formula is C11H24N2OS. The lowest BCUT2D eigenvalue weighted by atomic mass is 9.98. The third-order valence-electron chi connectivity index (χ3n) is 2.92. The number of rotatable bonds is 6. The molecule has 0 rings (SSSR count). The van der Waals surface area contributed by atoms with Crippen molar-refractivity contribution in [2.45, 2.75) is 45.2 Å². The van der Waals surface area contributed by atoms with Gasteiger partial charge in [-0.2, -0.15) is 11.8 Å². The van der Waals surface area contributed by atoms with Crippen LogP contribution in [0.15, 0.2) is 0 Å². The predicted octanol–water partition coefficient (Wildman–Crippen LogP) is 1.71. The first-order valence-electron chi connectivity index (χ1n) is 5.45. The van der Waals surface area contributed by atoms with Crippen LogP contribution in [0.5, 0.6) is 0 Å². The van der Waals surface area contributed by atoms with Crippen LogP contribution >= 0.6 is 11.8 Å². The molecule has 0 heterocycles. The Labute approximate surface area is 97.8 Å². The molecule has 0 aliphatic rings. The number of thioether (sulfide) groups is 1. The summed E-state index contributed by atoms with van der Waals surface area (Å²) in [6, 6.07) is 0.293. The number of carbonyl (C=O) groups is 1.